The minimum atomic E-state index is -0.389. The van der Waals surface area contributed by atoms with Gasteiger partial charge in [0.25, 0.3) is 0 Å². The molecule has 1 heterocycles. The summed E-state index contributed by atoms with van der Waals surface area (Å²) in [6, 6.07) is 9.53. The summed E-state index contributed by atoms with van der Waals surface area (Å²) in [6.45, 7) is 13.6. The Kier molecular flexibility index (Phi) is 10.6. The number of benzene rings is 1. The van der Waals surface area contributed by atoms with E-state index in [1.807, 2.05) is 26.0 Å². The molecule has 5 nitrogen and oxygen atoms in total. The minimum Gasteiger partial charge on any atom is -0.426 e. The SMILES string of the molecule is C=C(C)C(=O)OC1=CC(C)C(CC2C(CC)OC3CC=C4C=C(OC(=O)C(C)C)C=CC4C3C2c2ccc(C3C=CCCC3)cc2)C=C1. The first kappa shape index (κ1) is 34.2. The van der Waals surface area contributed by atoms with Gasteiger partial charge in [-0.15, -0.1) is 0 Å². The summed E-state index contributed by atoms with van der Waals surface area (Å²) in [5, 5.41) is 0. The summed E-state index contributed by atoms with van der Waals surface area (Å²) in [5.74, 6) is 2.40. The van der Waals surface area contributed by atoms with E-state index >= 15 is 0 Å². The number of fused-ring (bicyclic) bond motifs is 3. The molecule has 0 saturated carbocycles. The monoisotopic (exact) mass is 648 g/mol. The number of esters is 2. The number of rotatable bonds is 9. The fourth-order valence-corrected chi connectivity index (χ4v) is 8.47. The summed E-state index contributed by atoms with van der Waals surface area (Å²) in [7, 11) is 0. The Morgan fingerprint density at radius 1 is 1.02 bits per heavy atom. The van der Waals surface area contributed by atoms with Crippen molar-refractivity contribution in [2.24, 2.45) is 35.5 Å². The summed E-state index contributed by atoms with van der Waals surface area (Å²) in [4.78, 5) is 24.6. The van der Waals surface area contributed by atoms with E-state index in [1.54, 1.807) is 6.92 Å². The first-order valence-corrected chi connectivity index (χ1v) is 18.1. The van der Waals surface area contributed by atoms with Crippen molar-refractivity contribution in [1.82, 2.24) is 0 Å². The van der Waals surface area contributed by atoms with E-state index < -0.39 is 0 Å². The van der Waals surface area contributed by atoms with Crippen molar-refractivity contribution in [3.05, 3.63) is 119 Å². The zero-order valence-corrected chi connectivity index (χ0v) is 29.3. The Labute approximate surface area is 287 Å². The average molecular weight is 649 g/mol. The van der Waals surface area contributed by atoms with Crippen molar-refractivity contribution in [1.29, 1.82) is 0 Å². The van der Waals surface area contributed by atoms with E-state index in [-0.39, 0.29) is 59.7 Å². The number of carbonyl (C=O) groups excluding carboxylic acids is 2. The first-order chi connectivity index (χ1) is 23.1. The third-order valence-corrected chi connectivity index (χ3v) is 11.1. The lowest BCUT2D eigenvalue weighted by Gasteiger charge is -2.53. The normalized spacial score (nSPS) is 32.4. The summed E-state index contributed by atoms with van der Waals surface area (Å²) in [6.07, 6.45) is 26.2. The highest BCUT2D eigenvalue weighted by atomic mass is 16.5. The van der Waals surface area contributed by atoms with Crippen molar-refractivity contribution in [3.8, 4) is 0 Å². The molecule has 0 amide bonds. The second-order valence-corrected chi connectivity index (χ2v) is 14.8. The molecule has 5 aliphatic rings. The van der Waals surface area contributed by atoms with Gasteiger partial charge in [0.05, 0.1) is 18.1 Å². The fourth-order valence-electron chi connectivity index (χ4n) is 8.47. The number of hydrogen-bond donors (Lipinski definition) is 0. The van der Waals surface area contributed by atoms with E-state index in [0.717, 1.165) is 19.3 Å². The van der Waals surface area contributed by atoms with E-state index in [4.69, 9.17) is 14.2 Å². The van der Waals surface area contributed by atoms with Gasteiger partial charge in [-0.1, -0.05) is 88.9 Å². The molecule has 0 N–H and O–H groups in total. The van der Waals surface area contributed by atoms with Crippen molar-refractivity contribution < 1.29 is 23.8 Å². The summed E-state index contributed by atoms with van der Waals surface area (Å²) < 4.78 is 18.4. The van der Waals surface area contributed by atoms with Crippen LogP contribution in [0.2, 0.25) is 0 Å². The predicted molar refractivity (Wildman–Crippen MR) is 191 cm³/mol. The second kappa shape index (κ2) is 14.8. The summed E-state index contributed by atoms with van der Waals surface area (Å²) in [5.41, 5.74) is 4.39. The number of carbonyl (C=O) groups is 2. The van der Waals surface area contributed by atoms with Gasteiger partial charge >= 0.3 is 11.9 Å². The molecule has 9 unspecified atom stereocenters. The maximum atomic E-state index is 12.4. The van der Waals surface area contributed by atoms with E-state index in [9.17, 15) is 9.59 Å². The maximum Gasteiger partial charge on any atom is 0.338 e. The molecule has 9 atom stereocenters. The topological polar surface area (TPSA) is 61.8 Å². The van der Waals surface area contributed by atoms with Crippen LogP contribution in [0.1, 0.15) is 96.1 Å². The Balaban J connectivity index is 1.33. The highest BCUT2D eigenvalue weighted by Gasteiger charge is 2.50. The highest BCUT2D eigenvalue weighted by molar-refractivity contribution is 5.87. The lowest BCUT2D eigenvalue weighted by Crippen LogP contribution is -2.51. The van der Waals surface area contributed by atoms with Crippen LogP contribution in [-0.4, -0.2) is 24.1 Å². The maximum absolute atomic E-state index is 12.4. The zero-order valence-electron chi connectivity index (χ0n) is 29.3. The molecule has 0 aromatic heterocycles. The Hall–Kier alpha value is -3.70. The van der Waals surface area contributed by atoms with Gasteiger partial charge in [0.2, 0.25) is 0 Å². The largest absolute Gasteiger partial charge is 0.426 e. The van der Waals surface area contributed by atoms with Gasteiger partial charge in [0, 0.05) is 23.3 Å². The molecule has 48 heavy (non-hydrogen) atoms. The number of hydrogen-bond acceptors (Lipinski definition) is 5. The highest BCUT2D eigenvalue weighted by Crippen LogP contribution is 2.54. The van der Waals surface area contributed by atoms with Crippen LogP contribution in [0.25, 0.3) is 0 Å². The van der Waals surface area contributed by atoms with Crippen LogP contribution in [0.15, 0.2) is 108 Å². The van der Waals surface area contributed by atoms with Gasteiger partial charge in [-0.3, -0.25) is 4.79 Å². The Bertz CT molecular complexity index is 1570. The van der Waals surface area contributed by atoms with Crippen molar-refractivity contribution >= 4 is 11.9 Å². The molecule has 6 rings (SSSR count). The molecule has 4 aliphatic carbocycles. The van der Waals surface area contributed by atoms with E-state index in [1.165, 1.54) is 36.0 Å². The molecule has 254 valence electrons. The zero-order chi connectivity index (χ0) is 33.9. The average Bonchev–Trinajstić information content (AvgIpc) is 3.09. The molecule has 1 aromatic carbocycles. The third-order valence-electron chi connectivity index (χ3n) is 11.1. The van der Waals surface area contributed by atoms with E-state index in [0.29, 0.717) is 28.9 Å². The van der Waals surface area contributed by atoms with Crippen LogP contribution >= 0.6 is 0 Å². The number of allylic oxidation sites excluding steroid dienone is 9. The van der Waals surface area contributed by atoms with Crippen LogP contribution in [0.4, 0.5) is 0 Å². The molecule has 5 heteroatoms. The van der Waals surface area contributed by atoms with Gasteiger partial charge < -0.3 is 14.2 Å². The smallest absolute Gasteiger partial charge is 0.338 e. The molecular weight excluding hydrogens is 596 g/mol. The van der Waals surface area contributed by atoms with Gasteiger partial charge in [-0.2, -0.15) is 0 Å². The fraction of sp³-hybridized carbons (Fsp3) is 0.488. The standard InChI is InChI=1S/C43H52O5/c1-7-38-37(25-32-17-19-34(23-28(32)6)46-42(44)26(2)3)40(31-15-13-30(14-16-31)29-11-9-8-10-12-29)41-36-21-20-35(47-43(45)27(4)5)24-33(36)18-22-39(41)48-38/h9,11,13-21,23-24,27-29,32,36-41H,2,7-8,10,12,22,25H2,1,3-6H3. The molecule has 0 bridgehead atoms. The van der Waals surface area contributed by atoms with Crippen LogP contribution in [0.5, 0.6) is 0 Å². The molecule has 0 spiro atoms. The molecule has 1 aliphatic heterocycles. The van der Waals surface area contributed by atoms with Crippen molar-refractivity contribution in [2.75, 3.05) is 0 Å². The quantitative estimate of drug-likeness (QED) is 0.152. The Morgan fingerprint density at radius 3 is 2.44 bits per heavy atom. The minimum absolute atomic E-state index is 0.107. The lowest BCUT2D eigenvalue weighted by atomic mass is 9.59. The molecular formula is C43H52O5. The third kappa shape index (κ3) is 7.32. The van der Waals surface area contributed by atoms with Crippen LogP contribution in [0, 0.1) is 35.5 Å². The molecule has 0 radical (unpaired) electrons. The van der Waals surface area contributed by atoms with Gasteiger partial charge in [-0.05, 0) is 110 Å². The van der Waals surface area contributed by atoms with Gasteiger partial charge in [0.15, 0.2) is 0 Å². The van der Waals surface area contributed by atoms with Crippen LogP contribution < -0.4 is 0 Å². The predicted octanol–water partition coefficient (Wildman–Crippen LogP) is 9.82. The number of ether oxygens (including phenoxy) is 3. The van der Waals surface area contributed by atoms with Gasteiger partial charge in [0.1, 0.15) is 11.5 Å². The molecule has 1 aromatic rings. The lowest BCUT2D eigenvalue weighted by molar-refractivity contribution is -0.143. The molecule has 1 saturated heterocycles. The second-order valence-electron chi connectivity index (χ2n) is 14.8. The van der Waals surface area contributed by atoms with E-state index in [2.05, 4.69) is 87.2 Å². The van der Waals surface area contributed by atoms with Crippen molar-refractivity contribution in [2.45, 2.75) is 97.2 Å². The van der Waals surface area contributed by atoms with Crippen molar-refractivity contribution in [3.63, 3.8) is 0 Å². The molecule has 1 fully saturated rings. The van der Waals surface area contributed by atoms with Gasteiger partial charge in [-0.25, -0.2) is 4.79 Å². The Morgan fingerprint density at radius 2 is 1.77 bits per heavy atom. The van der Waals surface area contributed by atoms with Crippen LogP contribution in [0.3, 0.4) is 0 Å². The summed E-state index contributed by atoms with van der Waals surface area (Å²) >= 11 is 0. The van der Waals surface area contributed by atoms with Crippen LogP contribution in [-0.2, 0) is 23.8 Å². The first-order valence-electron chi connectivity index (χ1n) is 18.1.